The first kappa shape index (κ1) is 17.9. The molecule has 1 saturated carbocycles. The predicted molar refractivity (Wildman–Crippen MR) is 111 cm³/mol. The molecule has 138 valence electrons. The molecule has 3 N–H and O–H groups in total. The van der Waals surface area contributed by atoms with E-state index in [2.05, 4.69) is 5.32 Å². The highest BCUT2D eigenvalue weighted by Crippen LogP contribution is 2.34. The lowest BCUT2D eigenvalue weighted by Gasteiger charge is -2.26. The summed E-state index contributed by atoms with van der Waals surface area (Å²) in [5.41, 5.74) is 8.73. The Morgan fingerprint density at radius 2 is 1.52 bits per heavy atom. The largest absolute Gasteiger partial charge is 0.349 e. The molecule has 1 fully saturated rings. The smallest absolute Gasteiger partial charge is 0.263 e. The molecule has 3 aromatic rings. The fourth-order valence-corrected chi connectivity index (χ4v) is 4.48. The van der Waals surface area contributed by atoms with Crippen LogP contribution in [0.25, 0.3) is 21.8 Å². The van der Waals surface area contributed by atoms with Gasteiger partial charge in [-0.25, -0.2) is 4.98 Å². The van der Waals surface area contributed by atoms with Crippen molar-refractivity contribution in [3.63, 3.8) is 0 Å². The molecular formula is C22H23N3OS. The number of nitrogens with two attached hydrogens (primary N) is 1. The zero-order valence-electron chi connectivity index (χ0n) is 15.1. The molecule has 0 aliphatic heterocycles. The second-order valence-electron chi connectivity index (χ2n) is 7.01. The number of carbonyl (C=O) groups excluding carboxylic acids is 1. The number of nitrogens with one attached hydrogen (secondary N) is 1. The maximum atomic E-state index is 13.1. The Morgan fingerprint density at radius 1 is 0.926 bits per heavy atom. The van der Waals surface area contributed by atoms with Crippen molar-refractivity contribution >= 4 is 17.2 Å². The van der Waals surface area contributed by atoms with E-state index < -0.39 is 0 Å². The molecule has 4 nitrogen and oxygen atoms in total. The third kappa shape index (κ3) is 4.10. The fraction of sp³-hybridized carbons (Fsp3) is 0.273. The van der Waals surface area contributed by atoms with Gasteiger partial charge >= 0.3 is 0 Å². The van der Waals surface area contributed by atoms with Crippen LogP contribution in [-0.4, -0.2) is 23.0 Å². The van der Waals surface area contributed by atoms with Crippen molar-refractivity contribution in [3.8, 4) is 21.8 Å². The van der Waals surface area contributed by atoms with Gasteiger partial charge in [0.25, 0.3) is 5.91 Å². The number of rotatable bonds is 4. The van der Waals surface area contributed by atoms with E-state index in [1.807, 2.05) is 60.7 Å². The van der Waals surface area contributed by atoms with Crippen LogP contribution in [0.3, 0.4) is 0 Å². The molecular weight excluding hydrogens is 354 g/mol. The Kier molecular flexibility index (Phi) is 5.32. The van der Waals surface area contributed by atoms with Crippen molar-refractivity contribution in [1.29, 1.82) is 0 Å². The number of thiazole rings is 1. The van der Waals surface area contributed by atoms with Crippen LogP contribution in [-0.2, 0) is 0 Å². The van der Waals surface area contributed by atoms with Crippen molar-refractivity contribution < 1.29 is 4.79 Å². The van der Waals surface area contributed by atoms with Gasteiger partial charge in [-0.05, 0) is 25.7 Å². The Hall–Kier alpha value is -2.50. The van der Waals surface area contributed by atoms with E-state index in [0.29, 0.717) is 4.88 Å². The van der Waals surface area contributed by atoms with Gasteiger partial charge in [0.15, 0.2) is 0 Å². The van der Waals surface area contributed by atoms with Gasteiger partial charge in [0.2, 0.25) is 0 Å². The molecule has 0 atom stereocenters. The predicted octanol–water partition coefficient (Wildman–Crippen LogP) is 4.48. The van der Waals surface area contributed by atoms with E-state index in [0.717, 1.165) is 47.5 Å². The molecule has 0 bridgehead atoms. The van der Waals surface area contributed by atoms with E-state index >= 15 is 0 Å². The third-order valence-electron chi connectivity index (χ3n) is 5.01. The van der Waals surface area contributed by atoms with E-state index in [9.17, 15) is 4.79 Å². The van der Waals surface area contributed by atoms with Gasteiger partial charge in [-0.2, -0.15) is 0 Å². The van der Waals surface area contributed by atoms with Gasteiger partial charge in [-0.15, -0.1) is 11.3 Å². The summed E-state index contributed by atoms with van der Waals surface area (Å²) in [4.78, 5) is 18.6. The summed E-state index contributed by atoms with van der Waals surface area (Å²) in [6.07, 6.45) is 3.82. The molecule has 4 rings (SSSR count). The second-order valence-corrected chi connectivity index (χ2v) is 8.01. The second kappa shape index (κ2) is 8.03. The number of amides is 1. The number of carbonyl (C=O) groups is 1. The van der Waals surface area contributed by atoms with Crippen LogP contribution in [0.5, 0.6) is 0 Å². The number of hydrogen-bond donors (Lipinski definition) is 2. The monoisotopic (exact) mass is 377 g/mol. The highest BCUT2D eigenvalue weighted by atomic mass is 32.1. The average molecular weight is 378 g/mol. The first-order valence-corrected chi connectivity index (χ1v) is 10.2. The van der Waals surface area contributed by atoms with E-state index in [4.69, 9.17) is 10.7 Å². The van der Waals surface area contributed by atoms with Crippen molar-refractivity contribution in [3.05, 3.63) is 65.5 Å². The third-order valence-corrected chi connectivity index (χ3v) is 6.11. The number of hydrogen-bond acceptors (Lipinski definition) is 4. The Bertz CT molecular complexity index is 900. The first-order valence-electron chi connectivity index (χ1n) is 9.39. The minimum Gasteiger partial charge on any atom is -0.349 e. The van der Waals surface area contributed by atoms with Crippen LogP contribution in [0.1, 0.15) is 35.4 Å². The maximum absolute atomic E-state index is 13.1. The van der Waals surface area contributed by atoms with Gasteiger partial charge in [-0.1, -0.05) is 60.7 Å². The zero-order chi connectivity index (χ0) is 18.6. The van der Waals surface area contributed by atoms with Crippen LogP contribution >= 0.6 is 11.3 Å². The molecule has 1 heterocycles. The topological polar surface area (TPSA) is 68.0 Å². The van der Waals surface area contributed by atoms with Gasteiger partial charge in [0.1, 0.15) is 9.88 Å². The quantitative estimate of drug-likeness (QED) is 0.704. The average Bonchev–Trinajstić information content (AvgIpc) is 3.17. The minimum absolute atomic E-state index is 0.0333. The molecule has 5 heteroatoms. The molecule has 0 unspecified atom stereocenters. The summed E-state index contributed by atoms with van der Waals surface area (Å²) in [6.45, 7) is 0. The lowest BCUT2D eigenvalue weighted by Crippen LogP contribution is -2.40. The molecule has 1 aromatic heterocycles. The number of aromatic nitrogens is 1. The number of nitrogens with zero attached hydrogens (tertiary/aromatic N) is 1. The Labute approximate surface area is 163 Å². The Morgan fingerprint density at radius 3 is 2.15 bits per heavy atom. The lowest BCUT2D eigenvalue weighted by molar-refractivity contribution is 0.0930. The molecule has 1 aliphatic carbocycles. The van der Waals surface area contributed by atoms with Crippen molar-refractivity contribution in [2.75, 3.05) is 0 Å². The maximum Gasteiger partial charge on any atom is 0.263 e. The normalized spacial score (nSPS) is 19.6. The molecule has 1 amide bonds. The fourth-order valence-electron chi connectivity index (χ4n) is 3.48. The highest BCUT2D eigenvalue weighted by Gasteiger charge is 2.24. The van der Waals surface area contributed by atoms with Crippen LogP contribution < -0.4 is 11.1 Å². The van der Waals surface area contributed by atoms with Crippen LogP contribution in [0.2, 0.25) is 0 Å². The highest BCUT2D eigenvalue weighted by molar-refractivity contribution is 7.17. The summed E-state index contributed by atoms with van der Waals surface area (Å²) in [5.74, 6) is -0.0333. The van der Waals surface area contributed by atoms with Crippen molar-refractivity contribution in [1.82, 2.24) is 10.3 Å². The molecule has 1 aliphatic rings. The van der Waals surface area contributed by atoms with Gasteiger partial charge < -0.3 is 11.1 Å². The van der Waals surface area contributed by atoms with Gasteiger partial charge in [0, 0.05) is 23.2 Å². The Balaban J connectivity index is 1.65. The van der Waals surface area contributed by atoms with E-state index in [-0.39, 0.29) is 18.0 Å². The number of benzene rings is 2. The van der Waals surface area contributed by atoms with Crippen LogP contribution in [0.4, 0.5) is 0 Å². The zero-order valence-corrected chi connectivity index (χ0v) is 15.9. The molecule has 0 radical (unpaired) electrons. The van der Waals surface area contributed by atoms with Gasteiger partial charge in [0.05, 0.1) is 5.69 Å². The van der Waals surface area contributed by atoms with Crippen LogP contribution in [0.15, 0.2) is 60.7 Å². The molecule has 0 spiro atoms. The summed E-state index contributed by atoms with van der Waals surface area (Å²) < 4.78 is 0. The summed E-state index contributed by atoms with van der Waals surface area (Å²) in [7, 11) is 0. The first-order chi connectivity index (χ1) is 13.2. The molecule has 2 aromatic carbocycles. The SMILES string of the molecule is NC1CCC(NC(=O)c2sc(-c3ccccc3)nc2-c2ccccc2)CC1. The molecule has 0 saturated heterocycles. The standard InChI is InChI=1S/C22H23N3OS/c23-17-11-13-18(14-12-17)24-21(26)20-19(15-7-3-1-4-8-15)25-22(27-20)16-9-5-2-6-10-16/h1-10,17-18H,11-14,23H2,(H,24,26). The summed E-state index contributed by atoms with van der Waals surface area (Å²) in [5, 5.41) is 4.07. The van der Waals surface area contributed by atoms with Crippen molar-refractivity contribution in [2.45, 2.75) is 37.8 Å². The minimum atomic E-state index is -0.0333. The van der Waals surface area contributed by atoms with E-state index in [1.54, 1.807) is 0 Å². The van der Waals surface area contributed by atoms with Gasteiger partial charge in [-0.3, -0.25) is 4.79 Å². The summed E-state index contributed by atoms with van der Waals surface area (Å²) >= 11 is 1.46. The lowest BCUT2D eigenvalue weighted by atomic mass is 9.92. The molecule has 27 heavy (non-hydrogen) atoms. The van der Waals surface area contributed by atoms with Crippen molar-refractivity contribution in [2.24, 2.45) is 5.73 Å². The summed E-state index contributed by atoms with van der Waals surface area (Å²) in [6, 6.07) is 20.4. The van der Waals surface area contributed by atoms with E-state index in [1.165, 1.54) is 11.3 Å². The van der Waals surface area contributed by atoms with Crippen LogP contribution in [0, 0.1) is 0 Å².